The van der Waals surface area contributed by atoms with Crippen LogP contribution in [0.3, 0.4) is 0 Å². The first kappa shape index (κ1) is 11.9. The first-order valence-electron chi connectivity index (χ1n) is 6.55. The highest BCUT2D eigenvalue weighted by atomic mass is 32.1. The second-order valence-corrected chi connectivity index (χ2v) is 6.03. The lowest BCUT2D eigenvalue weighted by molar-refractivity contribution is 0.403. The molecular weight excluding hydrogens is 242 g/mol. The molecule has 1 aliphatic rings. The average Bonchev–Trinajstić information content (AvgIpc) is 2.97. The molecule has 2 atom stereocenters. The predicted octanol–water partition coefficient (Wildman–Crippen LogP) is 3.21. The molecule has 1 aliphatic carbocycles. The van der Waals surface area contributed by atoms with Gasteiger partial charge in [0.2, 0.25) is 0 Å². The van der Waals surface area contributed by atoms with Gasteiger partial charge in [0.1, 0.15) is 5.82 Å². The van der Waals surface area contributed by atoms with Crippen LogP contribution >= 0.6 is 11.3 Å². The van der Waals surface area contributed by atoms with Crippen LogP contribution in [0.15, 0.2) is 23.8 Å². The first-order chi connectivity index (χ1) is 8.75. The number of thiophene rings is 1. The van der Waals surface area contributed by atoms with Crippen molar-refractivity contribution in [3.63, 3.8) is 0 Å². The Labute approximate surface area is 112 Å². The van der Waals surface area contributed by atoms with Crippen molar-refractivity contribution in [2.75, 3.05) is 0 Å². The van der Waals surface area contributed by atoms with Gasteiger partial charge in [0.05, 0.1) is 6.04 Å². The van der Waals surface area contributed by atoms with E-state index in [0.717, 1.165) is 5.82 Å². The first-order valence-corrected chi connectivity index (χ1v) is 7.43. The van der Waals surface area contributed by atoms with E-state index in [1.807, 2.05) is 23.7 Å². The van der Waals surface area contributed by atoms with Crippen LogP contribution in [0.1, 0.15) is 48.1 Å². The molecule has 1 N–H and O–H groups in total. The quantitative estimate of drug-likeness (QED) is 0.919. The van der Waals surface area contributed by atoms with Crippen molar-refractivity contribution < 1.29 is 0 Å². The van der Waals surface area contributed by atoms with Crippen molar-refractivity contribution in [1.82, 2.24) is 14.9 Å². The van der Waals surface area contributed by atoms with E-state index >= 15 is 0 Å². The van der Waals surface area contributed by atoms with Crippen LogP contribution in [0.2, 0.25) is 0 Å². The Kier molecular flexibility index (Phi) is 3.22. The molecule has 4 heteroatoms. The summed E-state index contributed by atoms with van der Waals surface area (Å²) in [6.45, 7) is 2.20. The second kappa shape index (κ2) is 4.86. The topological polar surface area (TPSA) is 29.9 Å². The van der Waals surface area contributed by atoms with E-state index in [1.54, 1.807) is 4.88 Å². The van der Waals surface area contributed by atoms with E-state index in [9.17, 15) is 0 Å². The summed E-state index contributed by atoms with van der Waals surface area (Å²) in [5.74, 6) is 1.11. The molecule has 2 heterocycles. The number of nitrogens with one attached hydrogen (secondary N) is 1. The van der Waals surface area contributed by atoms with Gasteiger partial charge in [-0.15, -0.1) is 11.3 Å². The molecule has 0 amide bonds. The summed E-state index contributed by atoms with van der Waals surface area (Å²) in [5.41, 5.74) is 1.51. The zero-order valence-corrected chi connectivity index (χ0v) is 11.7. The maximum absolute atomic E-state index is 4.43. The SMILES string of the molecule is CC(NC1CCCc2sccc21)c1nccn1C. The Morgan fingerprint density at radius 1 is 1.56 bits per heavy atom. The number of hydrogen-bond acceptors (Lipinski definition) is 3. The molecule has 18 heavy (non-hydrogen) atoms. The highest BCUT2D eigenvalue weighted by Crippen LogP contribution is 2.34. The van der Waals surface area contributed by atoms with Crippen LogP contribution in [0.5, 0.6) is 0 Å². The molecular formula is C14H19N3S. The van der Waals surface area contributed by atoms with Crippen LogP contribution in [0.4, 0.5) is 0 Å². The van der Waals surface area contributed by atoms with Gasteiger partial charge in [0.15, 0.2) is 0 Å². The summed E-state index contributed by atoms with van der Waals surface area (Å²) in [5, 5.41) is 5.95. The fourth-order valence-corrected chi connectivity index (χ4v) is 3.82. The summed E-state index contributed by atoms with van der Waals surface area (Å²) < 4.78 is 2.09. The maximum Gasteiger partial charge on any atom is 0.125 e. The number of fused-ring (bicyclic) bond motifs is 1. The zero-order chi connectivity index (χ0) is 12.5. The molecule has 0 spiro atoms. The summed E-state index contributed by atoms with van der Waals surface area (Å²) in [6.07, 6.45) is 7.65. The molecule has 0 aromatic carbocycles. The molecule has 2 aromatic rings. The van der Waals surface area contributed by atoms with Crippen molar-refractivity contribution in [1.29, 1.82) is 0 Å². The second-order valence-electron chi connectivity index (χ2n) is 5.03. The molecule has 0 saturated carbocycles. The minimum Gasteiger partial charge on any atom is -0.337 e. The average molecular weight is 261 g/mol. The van der Waals surface area contributed by atoms with Gasteiger partial charge in [-0.2, -0.15) is 0 Å². The highest BCUT2D eigenvalue weighted by molar-refractivity contribution is 7.10. The maximum atomic E-state index is 4.43. The van der Waals surface area contributed by atoms with Crippen LogP contribution < -0.4 is 5.32 Å². The van der Waals surface area contributed by atoms with Crippen molar-refractivity contribution in [2.24, 2.45) is 7.05 Å². The van der Waals surface area contributed by atoms with E-state index in [0.29, 0.717) is 12.1 Å². The Morgan fingerprint density at radius 2 is 2.44 bits per heavy atom. The molecule has 0 saturated heterocycles. The van der Waals surface area contributed by atoms with Crippen LogP contribution in [0.25, 0.3) is 0 Å². The fraction of sp³-hybridized carbons (Fsp3) is 0.500. The minimum atomic E-state index is 0.292. The highest BCUT2D eigenvalue weighted by Gasteiger charge is 2.23. The lowest BCUT2D eigenvalue weighted by Crippen LogP contribution is -2.28. The lowest BCUT2D eigenvalue weighted by atomic mass is 9.93. The number of aryl methyl sites for hydroxylation is 2. The van der Waals surface area contributed by atoms with Crippen LogP contribution in [-0.2, 0) is 13.5 Å². The van der Waals surface area contributed by atoms with Gasteiger partial charge in [0, 0.05) is 30.4 Å². The Hall–Kier alpha value is -1.13. The molecule has 96 valence electrons. The molecule has 0 radical (unpaired) electrons. The van der Waals surface area contributed by atoms with Gasteiger partial charge in [0.25, 0.3) is 0 Å². The Balaban J connectivity index is 1.77. The minimum absolute atomic E-state index is 0.292. The van der Waals surface area contributed by atoms with E-state index in [4.69, 9.17) is 0 Å². The van der Waals surface area contributed by atoms with Gasteiger partial charge in [-0.25, -0.2) is 4.98 Å². The molecule has 2 unspecified atom stereocenters. The number of imidazole rings is 1. The zero-order valence-electron chi connectivity index (χ0n) is 10.9. The molecule has 0 fully saturated rings. The molecule has 0 bridgehead atoms. The van der Waals surface area contributed by atoms with Crippen molar-refractivity contribution in [3.05, 3.63) is 40.1 Å². The Bertz CT molecular complexity index is 529. The third-order valence-electron chi connectivity index (χ3n) is 3.75. The van der Waals surface area contributed by atoms with Gasteiger partial charge in [-0.3, -0.25) is 0 Å². The summed E-state index contributed by atoms with van der Waals surface area (Å²) in [6, 6.07) is 3.06. The van der Waals surface area contributed by atoms with Gasteiger partial charge in [-0.05, 0) is 43.2 Å². The molecule has 3 nitrogen and oxygen atoms in total. The third-order valence-corrected chi connectivity index (χ3v) is 4.75. The van der Waals surface area contributed by atoms with E-state index < -0.39 is 0 Å². The van der Waals surface area contributed by atoms with E-state index in [2.05, 4.69) is 40.3 Å². The standard InChI is InChI=1S/C14H19N3S/c1-10(14-15-7-8-17(14)2)16-12-4-3-5-13-11(12)6-9-18-13/h6-10,12,16H,3-5H2,1-2H3. The number of aromatic nitrogens is 2. The summed E-state index contributed by atoms with van der Waals surface area (Å²) >= 11 is 1.90. The molecule has 0 aliphatic heterocycles. The number of nitrogens with zero attached hydrogens (tertiary/aromatic N) is 2. The third kappa shape index (κ3) is 2.10. The van der Waals surface area contributed by atoms with Crippen LogP contribution in [0, 0.1) is 0 Å². The molecule has 2 aromatic heterocycles. The summed E-state index contributed by atoms with van der Waals surface area (Å²) in [7, 11) is 2.05. The Morgan fingerprint density at radius 3 is 3.22 bits per heavy atom. The molecule has 3 rings (SSSR count). The van der Waals surface area contributed by atoms with E-state index in [1.165, 1.54) is 24.8 Å². The smallest absolute Gasteiger partial charge is 0.125 e. The number of rotatable bonds is 3. The predicted molar refractivity (Wildman–Crippen MR) is 74.8 cm³/mol. The van der Waals surface area contributed by atoms with Gasteiger partial charge < -0.3 is 9.88 Å². The van der Waals surface area contributed by atoms with Crippen molar-refractivity contribution >= 4 is 11.3 Å². The van der Waals surface area contributed by atoms with Gasteiger partial charge in [-0.1, -0.05) is 0 Å². The lowest BCUT2D eigenvalue weighted by Gasteiger charge is -2.27. The van der Waals surface area contributed by atoms with Crippen molar-refractivity contribution in [3.8, 4) is 0 Å². The van der Waals surface area contributed by atoms with Crippen LogP contribution in [-0.4, -0.2) is 9.55 Å². The van der Waals surface area contributed by atoms with Crippen molar-refractivity contribution in [2.45, 2.75) is 38.3 Å². The monoisotopic (exact) mass is 261 g/mol. The normalized spacial score (nSPS) is 20.7. The largest absolute Gasteiger partial charge is 0.337 e. The summed E-state index contributed by atoms with van der Waals surface area (Å²) in [4.78, 5) is 5.99. The fourth-order valence-electron chi connectivity index (χ4n) is 2.83. The van der Waals surface area contributed by atoms with E-state index in [-0.39, 0.29) is 0 Å². The number of hydrogen-bond donors (Lipinski definition) is 1. The van der Waals surface area contributed by atoms with Gasteiger partial charge >= 0.3 is 0 Å².